The molecule has 0 amide bonds. The molecule has 1 unspecified atom stereocenters. The molecule has 1 atom stereocenters. The van der Waals surface area contributed by atoms with E-state index in [1.807, 2.05) is 31.2 Å². The van der Waals surface area contributed by atoms with E-state index in [1.165, 1.54) is 5.56 Å². The SMILES string of the molecule is CC(=O)C(C)Cc1ccccc1Br. The van der Waals surface area contributed by atoms with Gasteiger partial charge in [0.15, 0.2) is 0 Å². The Kier molecular flexibility index (Phi) is 3.67. The molecule has 1 nitrogen and oxygen atoms in total. The van der Waals surface area contributed by atoms with Crippen LogP contribution in [0.15, 0.2) is 28.7 Å². The molecule has 2 heteroatoms. The summed E-state index contributed by atoms with van der Waals surface area (Å²) in [6, 6.07) is 8.02. The van der Waals surface area contributed by atoms with Crippen LogP contribution in [0.2, 0.25) is 0 Å². The molecule has 0 saturated carbocycles. The van der Waals surface area contributed by atoms with Crippen molar-refractivity contribution in [1.82, 2.24) is 0 Å². The summed E-state index contributed by atoms with van der Waals surface area (Å²) in [4.78, 5) is 11.0. The van der Waals surface area contributed by atoms with Crippen LogP contribution >= 0.6 is 15.9 Å². The van der Waals surface area contributed by atoms with Crippen LogP contribution in [0.5, 0.6) is 0 Å². The van der Waals surface area contributed by atoms with E-state index in [1.54, 1.807) is 6.92 Å². The molecule has 1 rings (SSSR count). The van der Waals surface area contributed by atoms with Crippen LogP contribution in [0.3, 0.4) is 0 Å². The fourth-order valence-electron chi connectivity index (χ4n) is 1.14. The largest absolute Gasteiger partial charge is 0.300 e. The van der Waals surface area contributed by atoms with Crippen molar-refractivity contribution in [2.24, 2.45) is 5.92 Å². The highest BCUT2D eigenvalue weighted by molar-refractivity contribution is 9.10. The highest BCUT2D eigenvalue weighted by atomic mass is 79.9. The summed E-state index contributed by atoms with van der Waals surface area (Å²) >= 11 is 3.46. The summed E-state index contributed by atoms with van der Waals surface area (Å²) in [5.74, 6) is 0.356. The molecule has 13 heavy (non-hydrogen) atoms. The number of benzene rings is 1. The molecule has 70 valence electrons. The number of carbonyl (C=O) groups excluding carboxylic acids is 1. The molecule has 0 saturated heterocycles. The summed E-state index contributed by atoms with van der Waals surface area (Å²) in [6.45, 7) is 3.60. The first-order valence-electron chi connectivity index (χ1n) is 4.35. The van der Waals surface area contributed by atoms with E-state index in [-0.39, 0.29) is 11.7 Å². The lowest BCUT2D eigenvalue weighted by Gasteiger charge is -2.08. The van der Waals surface area contributed by atoms with E-state index in [0.29, 0.717) is 0 Å². The van der Waals surface area contributed by atoms with Crippen molar-refractivity contribution in [3.8, 4) is 0 Å². The normalized spacial score (nSPS) is 12.5. The number of Topliss-reactive ketones (excluding diaryl/α,β-unsaturated/α-hetero) is 1. The highest BCUT2D eigenvalue weighted by Gasteiger charge is 2.09. The van der Waals surface area contributed by atoms with Gasteiger partial charge in [-0.3, -0.25) is 4.79 Å². The van der Waals surface area contributed by atoms with Crippen LogP contribution in [0.25, 0.3) is 0 Å². The zero-order valence-corrected chi connectivity index (χ0v) is 9.47. The summed E-state index contributed by atoms with van der Waals surface area (Å²) in [5, 5.41) is 0. The zero-order chi connectivity index (χ0) is 9.84. The molecular formula is C11H13BrO. The lowest BCUT2D eigenvalue weighted by atomic mass is 9.98. The first kappa shape index (κ1) is 10.5. The van der Waals surface area contributed by atoms with Gasteiger partial charge < -0.3 is 0 Å². The minimum Gasteiger partial charge on any atom is -0.300 e. The molecule has 1 aromatic rings. The number of hydrogen-bond acceptors (Lipinski definition) is 1. The Morgan fingerprint density at radius 1 is 1.46 bits per heavy atom. The molecule has 0 aliphatic heterocycles. The Hall–Kier alpha value is -0.630. The Bertz CT molecular complexity index is 307. The first-order valence-corrected chi connectivity index (χ1v) is 5.14. The lowest BCUT2D eigenvalue weighted by Crippen LogP contribution is -2.09. The van der Waals surface area contributed by atoms with Crippen LogP contribution in [0.4, 0.5) is 0 Å². The molecule has 0 aromatic heterocycles. The number of halogens is 1. The number of ketones is 1. The highest BCUT2D eigenvalue weighted by Crippen LogP contribution is 2.19. The second-order valence-corrected chi connectivity index (χ2v) is 4.16. The van der Waals surface area contributed by atoms with Crippen molar-refractivity contribution in [1.29, 1.82) is 0 Å². The maximum absolute atomic E-state index is 11.0. The number of hydrogen-bond donors (Lipinski definition) is 0. The van der Waals surface area contributed by atoms with Crippen molar-refractivity contribution >= 4 is 21.7 Å². The van der Waals surface area contributed by atoms with Gasteiger partial charge in [0.2, 0.25) is 0 Å². The van der Waals surface area contributed by atoms with Gasteiger partial charge in [-0.15, -0.1) is 0 Å². The topological polar surface area (TPSA) is 17.1 Å². The van der Waals surface area contributed by atoms with E-state index >= 15 is 0 Å². The van der Waals surface area contributed by atoms with Gasteiger partial charge in [-0.2, -0.15) is 0 Å². The van der Waals surface area contributed by atoms with E-state index in [4.69, 9.17) is 0 Å². The van der Waals surface area contributed by atoms with Gasteiger partial charge >= 0.3 is 0 Å². The predicted octanol–water partition coefficient (Wildman–Crippen LogP) is 3.22. The fourth-order valence-corrected chi connectivity index (χ4v) is 1.58. The number of rotatable bonds is 3. The van der Waals surface area contributed by atoms with Gasteiger partial charge in [-0.05, 0) is 25.0 Å². The Balaban J connectivity index is 2.74. The average molecular weight is 241 g/mol. The van der Waals surface area contributed by atoms with E-state index in [2.05, 4.69) is 15.9 Å². The van der Waals surface area contributed by atoms with E-state index in [0.717, 1.165) is 10.9 Å². The molecule has 1 aromatic carbocycles. The standard InChI is InChI=1S/C11H13BrO/c1-8(9(2)13)7-10-5-3-4-6-11(10)12/h3-6,8H,7H2,1-2H3. The minimum atomic E-state index is 0.110. The van der Waals surface area contributed by atoms with Gasteiger partial charge in [-0.25, -0.2) is 0 Å². The summed E-state index contributed by atoms with van der Waals surface area (Å²) < 4.78 is 1.09. The van der Waals surface area contributed by atoms with Gasteiger partial charge in [0.1, 0.15) is 5.78 Å². The molecule has 0 aliphatic rings. The van der Waals surface area contributed by atoms with Crippen LogP contribution in [-0.4, -0.2) is 5.78 Å². The van der Waals surface area contributed by atoms with Gasteiger partial charge in [0.05, 0.1) is 0 Å². The van der Waals surface area contributed by atoms with Gasteiger partial charge in [0.25, 0.3) is 0 Å². The second-order valence-electron chi connectivity index (χ2n) is 3.31. The average Bonchev–Trinajstić information content (AvgIpc) is 2.08. The van der Waals surface area contributed by atoms with Crippen LogP contribution < -0.4 is 0 Å². The third-order valence-corrected chi connectivity index (χ3v) is 2.95. The molecule has 0 radical (unpaired) electrons. The van der Waals surface area contributed by atoms with Gasteiger partial charge in [0, 0.05) is 10.4 Å². The summed E-state index contributed by atoms with van der Waals surface area (Å²) in [6.07, 6.45) is 0.816. The molecule has 0 fully saturated rings. The summed E-state index contributed by atoms with van der Waals surface area (Å²) in [7, 11) is 0. The quantitative estimate of drug-likeness (QED) is 0.794. The fraction of sp³-hybridized carbons (Fsp3) is 0.364. The van der Waals surface area contributed by atoms with Gasteiger partial charge in [-0.1, -0.05) is 41.1 Å². The van der Waals surface area contributed by atoms with Crippen molar-refractivity contribution in [2.45, 2.75) is 20.3 Å². The van der Waals surface area contributed by atoms with Crippen LogP contribution in [0.1, 0.15) is 19.4 Å². The third kappa shape index (κ3) is 2.96. The molecule has 0 spiro atoms. The maximum atomic E-state index is 11.0. The van der Waals surface area contributed by atoms with Crippen molar-refractivity contribution < 1.29 is 4.79 Å². The molecule has 0 heterocycles. The van der Waals surface area contributed by atoms with Crippen molar-refractivity contribution in [3.63, 3.8) is 0 Å². The first-order chi connectivity index (χ1) is 6.11. The van der Waals surface area contributed by atoms with Crippen molar-refractivity contribution in [3.05, 3.63) is 34.3 Å². The molecule has 0 aliphatic carbocycles. The Labute approximate surface area is 87.3 Å². The zero-order valence-electron chi connectivity index (χ0n) is 7.88. The molecular weight excluding hydrogens is 228 g/mol. The number of carbonyl (C=O) groups is 1. The van der Waals surface area contributed by atoms with Crippen LogP contribution in [-0.2, 0) is 11.2 Å². The van der Waals surface area contributed by atoms with E-state index in [9.17, 15) is 4.79 Å². The second kappa shape index (κ2) is 4.56. The maximum Gasteiger partial charge on any atom is 0.132 e. The third-order valence-electron chi connectivity index (χ3n) is 2.18. The Morgan fingerprint density at radius 2 is 2.08 bits per heavy atom. The van der Waals surface area contributed by atoms with E-state index < -0.39 is 0 Å². The van der Waals surface area contributed by atoms with Crippen LogP contribution in [0, 0.1) is 5.92 Å². The van der Waals surface area contributed by atoms with Crippen molar-refractivity contribution in [2.75, 3.05) is 0 Å². The summed E-state index contributed by atoms with van der Waals surface area (Å²) in [5.41, 5.74) is 1.20. The predicted molar refractivity (Wildman–Crippen MR) is 57.7 cm³/mol. The molecule has 0 bridgehead atoms. The molecule has 0 N–H and O–H groups in total. The Morgan fingerprint density at radius 3 is 2.62 bits per heavy atom. The smallest absolute Gasteiger partial charge is 0.132 e. The minimum absolute atomic E-state index is 0.110. The monoisotopic (exact) mass is 240 g/mol. The lowest BCUT2D eigenvalue weighted by molar-refractivity contribution is -0.120.